The van der Waals surface area contributed by atoms with E-state index in [4.69, 9.17) is 14.2 Å². The molecule has 2 heterocycles. The van der Waals surface area contributed by atoms with E-state index in [1.165, 1.54) is 19.2 Å². The fourth-order valence-corrected chi connectivity index (χ4v) is 4.74. The number of aromatic amines is 1. The van der Waals surface area contributed by atoms with Crippen LogP contribution in [-0.4, -0.2) is 59.4 Å². The molecule has 3 aromatic rings. The summed E-state index contributed by atoms with van der Waals surface area (Å²) in [5, 5.41) is 6.02. The van der Waals surface area contributed by atoms with Gasteiger partial charge in [-0.15, -0.1) is 0 Å². The van der Waals surface area contributed by atoms with Crippen molar-refractivity contribution in [2.45, 2.75) is 57.5 Å². The summed E-state index contributed by atoms with van der Waals surface area (Å²) in [4.78, 5) is 37.0. The monoisotopic (exact) mass is 507 g/mol. The summed E-state index contributed by atoms with van der Waals surface area (Å²) in [5.74, 6) is 1.82. The van der Waals surface area contributed by atoms with Gasteiger partial charge < -0.3 is 29.8 Å². The number of amides is 2. The highest BCUT2D eigenvalue weighted by molar-refractivity contribution is 6.08. The standard InChI is InChI=1S/C27H33N5O5/c1-3-36-27(34)32-18-8-6-17(7-9-18)31-26(33)21-13-28-25-23(29-15-30-24(21)25)20-11-10-19(35-2)12-22(20)37-14-16-4-5-16/h10-13,15-18,28H,3-9,14H2,1-2H3,(H,31,33)(H,32,34)/t17-,18+. The number of ether oxygens (including phenoxy) is 3. The van der Waals surface area contributed by atoms with Crippen LogP contribution in [0.2, 0.25) is 0 Å². The molecule has 2 saturated carbocycles. The number of nitrogens with zero attached hydrogens (tertiary/aromatic N) is 2. The lowest BCUT2D eigenvalue weighted by Gasteiger charge is -2.29. The molecule has 1 aromatic carbocycles. The molecular weight excluding hydrogens is 474 g/mol. The Morgan fingerprint density at radius 1 is 1.05 bits per heavy atom. The van der Waals surface area contributed by atoms with Gasteiger partial charge in [-0.05, 0) is 63.5 Å². The Bertz CT molecular complexity index is 1260. The van der Waals surface area contributed by atoms with Crippen molar-refractivity contribution >= 4 is 23.0 Å². The van der Waals surface area contributed by atoms with Gasteiger partial charge in [0.15, 0.2) is 0 Å². The molecule has 0 atom stereocenters. The van der Waals surface area contributed by atoms with Crippen molar-refractivity contribution in [2.24, 2.45) is 5.92 Å². The molecule has 5 rings (SSSR count). The normalized spacial score (nSPS) is 19.3. The number of hydrogen-bond acceptors (Lipinski definition) is 7. The molecule has 196 valence electrons. The van der Waals surface area contributed by atoms with Crippen LogP contribution >= 0.6 is 0 Å². The molecule has 0 radical (unpaired) electrons. The van der Waals surface area contributed by atoms with Crippen LogP contribution in [0.25, 0.3) is 22.3 Å². The van der Waals surface area contributed by atoms with E-state index in [1.54, 1.807) is 20.2 Å². The van der Waals surface area contributed by atoms with Crippen molar-refractivity contribution in [2.75, 3.05) is 20.3 Å². The van der Waals surface area contributed by atoms with Gasteiger partial charge in [-0.3, -0.25) is 4.79 Å². The number of carbonyl (C=O) groups is 2. The first-order valence-electron chi connectivity index (χ1n) is 12.9. The topological polar surface area (TPSA) is 127 Å². The lowest BCUT2D eigenvalue weighted by molar-refractivity contribution is 0.0923. The summed E-state index contributed by atoms with van der Waals surface area (Å²) in [6, 6.07) is 5.76. The Morgan fingerprint density at radius 2 is 1.81 bits per heavy atom. The van der Waals surface area contributed by atoms with Crippen LogP contribution in [0.1, 0.15) is 55.8 Å². The Hall–Kier alpha value is -3.82. The van der Waals surface area contributed by atoms with Crippen molar-refractivity contribution < 1.29 is 23.8 Å². The number of hydrogen-bond donors (Lipinski definition) is 3. The molecule has 2 fully saturated rings. The second-order valence-electron chi connectivity index (χ2n) is 9.65. The third-order valence-corrected chi connectivity index (χ3v) is 6.98. The lowest BCUT2D eigenvalue weighted by Crippen LogP contribution is -2.43. The van der Waals surface area contributed by atoms with Crippen LogP contribution in [0.3, 0.4) is 0 Å². The number of carbonyl (C=O) groups excluding carboxylic acids is 2. The molecule has 0 aliphatic heterocycles. The second-order valence-corrected chi connectivity index (χ2v) is 9.65. The largest absolute Gasteiger partial charge is 0.497 e. The average Bonchev–Trinajstić information content (AvgIpc) is 3.64. The van der Waals surface area contributed by atoms with E-state index in [0.29, 0.717) is 52.9 Å². The zero-order chi connectivity index (χ0) is 25.8. The number of methoxy groups -OCH3 is 1. The maximum Gasteiger partial charge on any atom is 0.407 e. The van der Waals surface area contributed by atoms with Gasteiger partial charge in [0.2, 0.25) is 0 Å². The van der Waals surface area contributed by atoms with Gasteiger partial charge in [0.05, 0.1) is 31.4 Å². The van der Waals surface area contributed by atoms with Crippen LogP contribution in [0.5, 0.6) is 11.5 Å². The summed E-state index contributed by atoms with van der Waals surface area (Å²) in [6.07, 6.45) is 8.27. The van der Waals surface area contributed by atoms with E-state index in [0.717, 1.165) is 31.2 Å². The van der Waals surface area contributed by atoms with Crippen LogP contribution in [-0.2, 0) is 4.74 Å². The SMILES string of the molecule is CCOC(=O)N[C@H]1CC[C@@H](NC(=O)c2c[nH]c3c(-c4ccc(OC)cc4OCC4CC4)ncnc23)CC1. The molecule has 37 heavy (non-hydrogen) atoms. The maximum absolute atomic E-state index is 13.2. The third kappa shape index (κ3) is 5.79. The molecule has 0 spiro atoms. The summed E-state index contributed by atoms with van der Waals surface area (Å²) in [5.41, 5.74) is 3.19. The number of alkyl carbamates (subject to hydrolysis) is 1. The van der Waals surface area contributed by atoms with Crippen molar-refractivity contribution in [3.05, 3.63) is 36.3 Å². The number of H-pyrrole nitrogens is 1. The number of rotatable bonds is 9. The number of aromatic nitrogens is 3. The van der Waals surface area contributed by atoms with E-state index in [2.05, 4.69) is 25.6 Å². The highest BCUT2D eigenvalue weighted by Crippen LogP contribution is 2.37. The van der Waals surface area contributed by atoms with Crippen LogP contribution in [0.4, 0.5) is 4.79 Å². The summed E-state index contributed by atoms with van der Waals surface area (Å²) in [7, 11) is 1.63. The predicted molar refractivity (Wildman–Crippen MR) is 138 cm³/mol. The van der Waals surface area contributed by atoms with Gasteiger partial charge in [0, 0.05) is 29.9 Å². The fraction of sp³-hybridized carbons (Fsp3) is 0.481. The lowest BCUT2D eigenvalue weighted by atomic mass is 9.91. The molecule has 2 aliphatic carbocycles. The summed E-state index contributed by atoms with van der Waals surface area (Å²) < 4.78 is 16.5. The first kappa shape index (κ1) is 24.9. The molecule has 10 nitrogen and oxygen atoms in total. The molecule has 0 saturated heterocycles. The van der Waals surface area contributed by atoms with Crippen LogP contribution < -0.4 is 20.1 Å². The van der Waals surface area contributed by atoms with Gasteiger partial charge in [-0.25, -0.2) is 14.8 Å². The van der Waals surface area contributed by atoms with E-state index >= 15 is 0 Å². The van der Waals surface area contributed by atoms with Crippen molar-refractivity contribution in [3.8, 4) is 22.8 Å². The van der Waals surface area contributed by atoms with Gasteiger partial charge in [0.25, 0.3) is 5.91 Å². The van der Waals surface area contributed by atoms with E-state index in [-0.39, 0.29) is 24.1 Å². The fourth-order valence-electron chi connectivity index (χ4n) is 4.74. The number of nitrogens with one attached hydrogen (secondary N) is 3. The van der Waals surface area contributed by atoms with Gasteiger partial charge >= 0.3 is 6.09 Å². The van der Waals surface area contributed by atoms with E-state index in [1.807, 2.05) is 18.2 Å². The highest BCUT2D eigenvalue weighted by Gasteiger charge is 2.27. The van der Waals surface area contributed by atoms with Gasteiger partial charge in [-0.2, -0.15) is 0 Å². The minimum absolute atomic E-state index is 0.0306. The third-order valence-electron chi connectivity index (χ3n) is 6.98. The zero-order valence-corrected chi connectivity index (χ0v) is 21.2. The van der Waals surface area contributed by atoms with Crippen LogP contribution in [0.15, 0.2) is 30.7 Å². The Labute approximate surface area is 215 Å². The maximum atomic E-state index is 13.2. The smallest absolute Gasteiger partial charge is 0.407 e. The van der Waals surface area contributed by atoms with E-state index < -0.39 is 0 Å². The molecular formula is C27H33N5O5. The molecule has 0 bridgehead atoms. The molecule has 2 amide bonds. The number of benzene rings is 1. The Morgan fingerprint density at radius 3 is 2.51 bits per heavy atom. The quantitative estimate of drug-likeness (QED) is 0.396. The van der Waals surface area contributed by atoms with Crippen LogP contribution in [0, 0.1) is 5.92 Å². The van der Waals surface area contributed by atoms with Crippen molar-refractivity contribution in [1.82, 2.24) is 25.6 Å². The summed E-state index contributed by atoms with van der Waals surface area (Å²) >= 11 is 0. The van der Waals surface area contributed by atoms with Crippen molar-refractivity contribution in [3.63, 3.8) is 0 Å². The molecule has 2 aliphatic rings. The molecule has 10 heteroatoms. The van der Waals surface area contributed by atoms with Gasteiger partial charge in [0.1, 0.15) is 29.0 Å². The number of fused-ring (bicyclic) bond motifs is 1. The van der Waals surface area contributed by atoms with Gasteiger partial charge in [-0.1, -0.05) is 0 Å². The first-order chi connectivity index (χ1) is 18.1. The molecule has 3 N–H and O–H groups in total. The Balaban J connectivity index is 1.30. The second kappa shape index (κ2) is 11.1. The average molecular weight is 508 g/mol. The minimum Gasteiger partial charge on any atom is -0.497 e. The highest BCUT2D eigenvalue weighted by atomic mass is 16.5. The van der Waals surface area contributed by atoms with E-state index in [9.17, 15) is 9.59 Å². The predicted octanol–water partition coefficient (Wildman–Crippen LogP) is 4.21. The van der Waals surface area contributed by atoms with Crippen molar-refractivity contribution in [1.29, 1.82) is 0 Å². The molecule has 2 aromatic heterocycles. The minimum atomic E-state index is -0.387. The Kier molecular flexibility index (Phi) is 7.43. The zero-order valence-electron chi connectivity index (χ0n) is 21.2. The molecule has 0 unspecified atom stereocenters. The summed E-state index contributed by atoms with van der Waals surface area (Å²) in [6.45, 7) is 2.79. The first-order valence-corrected chi connectivity index (χ1v) is 12.9.